The molecule has 2 heterocycles. The van der Waals surface area contributed by atoms with Gasteiger partial charge in [-0.3, -0.25) is 4.68 Å². The van der Waals surface area contributed by atoms with Crippen LogP contribution in [0.2, 0.25) is 0 Å². The third-order valence-electron chi connectivity index (χ3n) is 2.61. The molecule has 0 atom stereocenters. The number of nitrogens with zero attached hydrogens (tertiary/aromatic N) is 3. The van der Waals surface area contributed by atoms with Gasteiger partial charge < -0.3 is 10.3 Å². The normalized spacial score (nSPS) is 11.9. The summed E-state index contributed by atoms with van der Waals surface area (Å²) in [5, 5.41) is 7.65. The number of hydrogen-bond acceptors (Lipinski definition) is 6. The zero-order valence-corrected chi connectivity index (χ0v) is 12.1. The molecule has 0 bridgehead atoms. The van der Waals surface area contributed by atoms with Crippen molar-refractivity contribution in [1.29, 1.82) is 0 Å². The Morgan fingerprint density at radius 2 is 2.25 bits per heavy atom. The molecule has 2 aromatic rings. The third-order valence-corrected chi connectivity index (χ3v) is 4.03. The second-order valence-corrected chi connectivity index (χ2v) is 6.14. The second kappa shape index (κ2) is 5.63. The molecule has 0 radical (unpaired) electrons. The highest BCUT2D eigenvalue weighted by Gasteiger charge is 2.21. The lowest BCUT2D eigenvalue weighted by molar-refractivity contribution is 0.377. The predicted octanol–water partition coefficient (Wildman–Crippen LogP) is 0.650. The Hall–Kier alpha value is -1.87. The first-order valence-electron chi connectivity index (χ1n) is 6.17. The Kier molecular flexibility index (Phi) is 4.09. The fourth-order valence-corrected chi connectivity index (χ4v) is 2.78. The summed E-state index contributed by atoms with van der Waals surface area (Å²) >= 11 is 0. The minimum absolute atomic E-state index is 0.0142. The number of aromatic nitrogens is 3. The predicted molar refractivity (Wildman–Crippen MR) is 72.2 cm³/mol. The number of nitrogen functional groups attached to an aromatic ring is 1. The maximum atomic E-state index is 12.1. The van der Waals surface area contributed by atoms with E-state index in [1.165, 1.54) is 10.9 Å². The Bertz CT molecular complexity index is 689. The lowest BCUT2D eigenvalue weighted by atomic mass is 10.4. The monoisotopic (exact) mass is 299 g/mol. The molecule has 0 unspecified atom stereocenters. The summed E-state index contributed by atoms with van der Waals surface area (Å²) in [7, 11) is -3.72. The van der Waals surface area contributed by atoms with Gasteiger partial charge in [-0.15, -0.1) is 0 Å². The molecule has 0 aliphatic heterocycles. The van der Waals surface area contributed by atoms with Crippen LogP contribution in [0.4, 0.5) is 5.82 Å². The quantitative estimate of drug-likeness (QED) is 0.809. The summed E-state index contributed by atoms with van der Waals surface area (Å²) in [6.45, 7) is 4.35. The number of aryl methyl sites for hydroxylation is 2. The van der Waals surface area contributed by atoms with Crippen molar-refractivity contribution in [3.63, 3.8) is 0 Å². The van der Waals surface area contributed by atoms with E-state index in [1.807, 2.05) is 6.92 Å². The Balaban J connectivity index is 2.13. The minimum atomic E-state index is -3.72. The van der Waals surface area contributed by atoms with Crippen molar-refractivity contribution in [2.24, 2.45) is 0 Å². The van der Waals surface area contributed by atoms with E-state index in [9.17, 15) is 8.42 Å². The van der Waals surface area contributed by atoms with Gasteiger partial charge in [-0.2, -0.15) is 5.10 Å². The second-order valence-electron chi connectivity index (χ2n) is 4.40. The molecule has 2 aromatic heterocycles. The topological polar surface area (TPSA) is 116 Å². The zero-order valence-electron chi connectivity index (χ0n) is 11.3. The van der Waals surface area contributed by atoms with Crippen LogP contribution in [0.1, 0.15) is 24.8 Å². The molecular weight excluding hydrogens is 282 g/mol. The number of rotatable bonds is 6. The van der Waals surface area contributed by atoms with Gasteiger partial charge in [0.15, 0.2) is 11.6 Å². The van der Waals surface area contributed by atoms with Gasteiger partial charge >= 0.3 is 0 Å². The van der Waals surface area contributed by atoms with Crippen LogP contribution in [0.3, 0.4) is 0 Å². The van der Waals surface area contributed by atoms with E-state index in [0.29, 0.717) is 18.0 Å². The molecule has 3 N–H and O–H groups in total. The third kappa shape index (κ3) is 3.17. The lowest BCUT2D eigenvalue weighted by Gasteiger charge is -2.02. The Morgan fingerprint density at radius 1 is 1.50 bits per heavy atom. The van der Waals surface area contributed by atoms with Gasteiger partial charge in [0.05, 0.1) is 12.2 Å². The van der Waals surface area contributed by atoms with Gasteiger partial charge in [0, 0.05) is 18.8 Å². The number of nitrogens with one attached hydrogen (secondary N) is 1. The first-order chi connectivity index (χ1) is 9.42. The standard InChI is InChI=1S/C11H17N5O3S/c1-3-4-16-7-10(11(12)14-16)20(17,18)13-6-9-5-8(2)15-19-9/h5,7,13H,3-4,6H2,1-2H3,(H2,12,14). The number of anilines is 1. The van der Waals surface area contributed by atoms with Crippen molar-refractivity contribution in [2.45, 2.75) is 38.3 Å². The number of hydrogen-bond donors (Lipinski definition) is 2. The highest BCUT2D eigenvalue weighted by molar-refractivity contribution is 7.89. The maximum absolute atomic E-state index is 12.1. The van der Waals surface area contributed by atoms with Gasteiger partial charge in [-0.05, 0) is 13.3 Å². The molecule has 0 spiro atoms. The molecule has 0 aliphatic carbocycles. The summed E-state index contributed by atoms with van der Waals surface area (Å²) in [5.74, 6) is 0.422. The largest absolute Gasteiger partial charge is 0.381 e. The molecule has 0 saturated heterocycles. The van der Waals surface area contributed by atoms with Crippen molar-refractivity contribution < 1.29 is 12.9 Å². The van der Waals surface area contributed by atoms with Crippen LogP contribution in [0.15, 0.2) is 21.7 Å². The molecule has 0 aromatic carbocycles. The average molecular weight is 299 g/mol. The zero-order chi connectivity index (χ0) is 14.8. The van der Waals surface area contributed by atoms with Gasteiger partial charge in [-0.25, -0.2) is 13.1 Å². The first-order valence-corrected chi connectivity index (χ1v) is 7.65. The molecule has 110 valence electrons. The van der Waals surface area contributed by atoms with Crippen molar-refractivity contribution in [1.82, 2.24) is 19.7 Å². The maximum Gasteiger partial charge on any atom is 0.246 e. The van der Waals surface area contributed by atoms with Crippen LogP contribution >= 0.6 is 0 Å². The van der Waals surface area contributed by atoms with E-state index < -0.39 is 10.0 Å². The number of nitrogens with two attached hydrogens (primary N) is 1. The molecular formula is C11H17N5O3S. The minimum Gasteiger partial charge on any atom is -0.381 e. The van der Waals surface area contributed by atoms with Gasteiger partial charge in [0.1, 0.15) is 4.90 Å². The lowest BCUT2D eigenvalue weighted by Crippen LogP contribution is -2.23. The molecule has 20 heavy (non-hydrogen) atoms. The van der Waals surface area contributed by atoms with Crippen LogP contribution in [0, 0.1) is 6.92 Å². The molecule has 0 aliphatic rings. The van der Waals surface area contributed by atoms with Crippen LogP contribution in [0.5, 0.6) is 0 Å². The molecule has 2 rings (SSSR count). The van der Waals surface area contributed by atoms with E-state index in [-0.39, 0.29) is 17.3 Å². The molecule has 9 heteroatoms. The fourth-order valence-electron chi connectivity index (χ4n) is 1.71. The molecule has 0 saturated carbocycles. The molecule has 0 fully saturated rings. The van der Waals surface area contributed by atoms with E-state index in [2.05, 4.69) is 15.0 Å². The smallest absolute Gasteiger partial charge is 0.246 e. The van der Waals surface area contributed by atoms with Gasteiger partial charge in [0.25, 0.3) is 0 Å². The summed E-state index contributed by atoms with van der Waals surface area (Å²) < 4.78 is 33.2. The van der Waals surface area contributed by atoms with Crippen molar-refractivity contribution in [2.75, 3.05) is 5.73 Å². The van der Waals surface area contributed by atoms with E-state index in [1.54, 1.807) is 13.0 Å². The van der Waals surface area contributed by atoms with Crippen LogP contribution in [0.25, 0.3) is 0 Å². The SMILES string of the molecule is CCCn1cc(S(=O)(=O)NCc2cc(C)no2)c(N)n1. The van der Waals surface area contributed by atoms with Gasteiger partial charge in [-0.1, -0.05) is 12.1 Å². The summed E-state index contributed by atoms with van der Waals surface area (Å²) in [4.78, 5) is -0.0258. The van der Waals surface area contributed by atoms with Crippen molar-refractivity contribution in [3.05, 3.63) is 23.7 Å². The highest BCUT2D eigenvalue weighted by Crippen LogP contribution is 2.16. The Morgan fingerprint density at radius 3 is 2.85 bits per heavy atom. The van der Waals surface area contributed by atoms with Crippen molar-refractivity contribution >= 4 is 15.8 Å². The summed E-state index contributed by atoms with van der Waals surface area (Å²) in [6.07, 6.45) is 2.26. The van der Waals surface area contributed by atoms with Gasteiger partial charge in [0.2, 0.25) is 10.0 Å². The van der Waals surface area contributed by atoms with E-state index >= 15 is 0 Å². The number of sulfonamides is 1. The molecule has 8 nitrogen and oxygen atoms in total. The van der Waals surface area contributed by atoms with E-state index in [4.69, 9.17) is 10.3 Å². The van der Waals surface area contributed by atoms with Crippen LogP contribution < -0.4 is 10.5 Å². The van der Waals surface area contributed by atoms with Crippen LogP contribution in [-0.2, 0) is 23.1 Å². The van der Waals surface area contributed by atoms with Crippen LogP contribution in [-0.4, -0.2) is 23.4 Å². The van der Waals surface area contributed by atoms with Crippen molar-refractivity contribution in [3.8, 4) is 0 Å². The average Bonchev–Trinajstić information content (AvgIpc) is 2.94. The molecule has 0 amide bonds. The summed E-state index contributed by atoms with van der Waals surface area (Å²) in [6, 6.07) is 1.66. The fraction of sp³-hybridized carbons (Fsp3) is 0.455. The highest BCUT2D eigenvalue weighted by atomic mass is 32.2. The van der Waals surface area contributed by atoms with E-state index in [0.717, 1.165) is 6.42 Å². The Labute approximate surface area is 117 Å². The first kappa shape index (κ1) is 14.5. The summed E-state index contributed by atoms with van der Waals surface area (Å²) in [5.41, 5.74) is 6.33.